The van der Waals surface area contributed by atoms with Gasteiger partial charge in [0, 0.05) is 0 Å². The van der Waals surface area contributed by atoms with E-state index in [9.17, 15) is 0 Å². The molecule has 2 rings (SSSR count). The van der Waals surface area contributed by atoms with Crippen molar-refractivity contribution >= 4 is 38.6 Å². The number of rotatable bonds is 3. The van der Waals surface area contributed by atoms with Crippen LogP contribution in [0.15, 0.2) is 5.51 Å². The van der Waals surface area contributed by atoms with Gasteiger partial charge in [0.05, 0.1) is 20.9 Å². The Balaban J connectivity index is 2.32. The summed E-state index contributed by atoms with van der Waals surface area (Å²) in [4.78, 5) is 5.66. The van der Waals surface area contributed by atoms with Gasteiger partial charge in [-0.3, -0.25) is 0 Å². The average molecular weight is 304 g/mol. The van der Waals surface area contributed by atoms with Crippen molar-refractivity contribution in [3.05, 3.63) is 16.2 Å². The van der Waals surface area contributed by atoms with E-state index in [2.05, 4.69) is 38.0 Å². The Morgan fingerprint density at radius 2 is 2.27 bits per heavy atom. The zero-order valence-electron chi connectivity index (χ0n) is 8.40. The van der Waals surface area contributed by atoms with Crippen LogP contribution in [0.1, 0.15) is 28.9 Å². The Hall–Kier alpha value is -0.330. The number of alkyl halides is 1. The van der Waals surface area contributed by atoms with Crippen LogP contribution < -0.4 is 0 Å². The molecule has 2 aromatic heterocycles. The van der Waals surface area contributed by atoms with E-state index in [1.54, 1.807) is 22.7 Å². The topological polar surface area (TPSA) is 38.7 Å². The van der Waals surface area contributed by atoms with Gasteiger partial charge in [0.15, 0.2) is 5.01 Å². The minimum Gasteiger partial charge on any atom is -0.249 e. The predicted molar refractivity (Wildman–Crippen MR) is 67.7 cm³/mol. The fourth-order valence-corrected chi connectivity index (χ4v) is 3.35. The summed E-state index contributed by atoms with van der Waals surface area (Å²) in [5.41, 5.74) is 2.88. The Kier molecular flexibility index (Phi) is 3.48. The second kappa shape index (κ2) is 4.67. The third-order valence-electron chi connectivity index (χ3n) is 2.01. The normalized spacial score (nSPS) is 13.0. The first kappa shape index (κ1) is 11.2. The lowest BCUT2D eigenvalue weighted by Crippen LogP contribution is -1.84. The van der Waals surface area contributed by atoms with Gasteiger partial charge in [-0.25, -0.2) is 4.98 Å². The molecule has 0 saturated heterocycles. The first-order valence-electron chi connectivity index (χ1n) is 4.60. The molecular formula is C9H10BrN3S2. The van der Waals surface area contributed by atoms with Gasteiger partial charge in [-0.15, -0.1) is 21.5 Å². The third-order valence-corrected chi connectivity index (χ3v) is 5.51. The smallest absolute Gasteiger partial charge is 0.159 e. The molecule has 0 N–H and O–H groups in total. The molecule has 2 aromatic rings. The first-order valence-corrected chi connectivity index (χ1v) is 7.21. The van der Waals surface area contributed by atoms with Crippen molar-refractivity contribution in [2.24, 2.45) is 0 Å². The summed E-state index contributed by atoms with van der Waals surface area (Å²) in [6.07, 6.45) is 1.02. The van der Waals surface area contributed by atoms with Crippen molar-refractivity contribution in [3.8, 4) is 9.88 Å². The highest BCUT2D eigenvalue weighted by Crippen LogP contribution is 2.35. The minimum atomic E-state index is 0.317. The summed E-state index contributed by atoms with van der Waals surface area (Å²) >= 11 is 6.83. The Morgan fingerprint density at radius 1 is 1.47 bits per heavy atom. The van der Waals surface area contributed by atoms with E-state index in [0.29, 0.717) is 4.83 Å². The van der Waals surface area contributed by atoms with Gasteiger partial charge in [0.25, 0.3) is 0 Å². The fourth-order valence-electron chi connectivity index (χ4n) is 1.13. The van der Waals surface area contributed by atoms with Crippen molar-refractivity contribution in [3.63, 3.8) is 0 Å². The van der Waals surface area contributed by atoms with E-state index < -0.39 is 0 Å². The monoisotopic (exact) mass is 303 g/mol. The van der Waals surface area contributed by atoms with Gasteiger partial charge in [0.1, 0.15) is 5.01 Å². The van der Waals surface area contributed by atoms with Crippen LogP contribution in [0.5, 0.6) is 0 Å². The summed E-state index contributed by atoms with van der Waals surface area (Å²) in [7, 11) is 0. The zero-order chi connectivity index (χ0) is 10.8. The lowest BCUT2D eigenvalue weighted by molar-refractivity contribution is 0.870. The number of thiazole rings is 1. The number of hydrogen-bond acceptors (Lipinski definition) is 5. The van der Waals surface area contributed by atoms with Gasteiger partial charge in [-0.1, -0.05) is 34.2 Å². The highest BCUT2D eigenvalue weighted by atomic mass is 79.9. The number of nitrogens with zero attached hydrogens (tertiary/aromatic N) is 3. The Bertz CT molecular complexity index is 452. The number of hydrogen-bond donors (Lipinski definition) is 0. The molecular weight excluding hydrogens is 294 g/mol. The van der Waals surface area contributed by atoms with Gasteiger partial charge in [-0.2, -0.15) is 0 Å². The van der Waals surface area contributed by atoms with Crippen molar-refractivity contribution in [2.45, 2.75) is 25.1 Å². The number of aromatic nitrogens is 3. The van der Waals surface area contributed by atoms with E-state index in [0.717, 1.165) is 27.0 Å². The van der Waals surface area contributed by atoms with Crippen LogP contribution in [-0.2, 0) is 0 Å². The third kappa shape index (κ3) is 2.26. The largest absolute Gasteiger partial charge is 0.249 e. The fraction of sp³-hybridized carbons (Fsp3) is 0.444. The number of halogens is 1. The summed E-state index contributed by atoms with van der Waals surface area (Å²) in [5.74, 6) is 0. The van der Waals surface area contributed by atoms with Crippen LogP contribution in [0.4, 0.5) is 0 Å². The highest BCUT2D eigenvalue weighted by molar-refractivity contribution is 9.09. The molecule has 3 nitrogen and oxygen atoms in total. The molecule has 0 spiro atoms. The molecule has 0 radical (unpaired) electrons. The Morgan fingerprint density at radius 3 is 2.87 bits per heavy atom. The molecule has 0 aliphatic rings. The van der Waals surface area contributed by atoms with E-state index in [4.69, 9.17) is 0 Å². The maximum absolute atomic E-state index is 4.21. The second-order valence-corrected chi connectivity index (χ2v) is 6.06. The van der Waals surface area contributed by atoms with Crippen LogP contribution in [0.25, 0.3) is 9.88 Å². The predicted octanol–water partition coefficient (Wildman–Crippen LogP) is 3.82. The van der Waals surface area contributed by atoms with Gasteiger partial charge in [0.2, 0.25) is 0 Å². The molecule has 0 bridgehead atoms. The molecule has 0 aliphatic carbocycles. The van der Waals surface area contributed by atoms with E-state index in [1.807, 2.05) is 12.4 Å². The van der Waals surface area contributed by atoms with Gasteiger partial charge in [-0.05, 0) is 13.3 Å². The van der Waals surface area contributed by atoms with Crippen molar-refractivity contribution in [1.29, 1.82) is 0 Å². The molecule has 1 atom stereocenters. The summed E-state index contributed by atoms with van der Waals surface area (Å²) in [6.45, 7) is 4.12. The number of aryl methyl sites for hydroxylation is 1. The molecule has 0 fully saturated rings. The molecule has 80 valence electrons. The van der Waals surface area contributed by atoms with Crippen molar-refractivity contribution < 1.29 is 0 Å². The quantitative estimate of drug-likeness (QED) is 0.809. The van der Waals surface area contributed by atoms with Crippen LogP contribution in [0.3, 0.4) is 0 Å². The van der Waals surface area contributed by atoms with Crippen LogP contribution in [-0.4, -0.2) is 15.2 Å². The average Bonchev–Trinajstić information content (AvgIpc) is 2.84. The molecule has 0 aromatic carbocycles. The van der Waals surface area contributed by atoms with Crippen molar-refractivity contribution in [1.82, 2.24) is 15.2 Å². The van der Waals surface area contributed by atoms with E-state index in [1.165, 1.54) is 0 Å². The minimum absolute atomic E-state index is 0.317. The molecule has 0 amide bonds. The van der Waals surface area contributed by atoms with Crippen LogP contribution >= 0.6 is 38.6 Å². The molecule has 6 heteroatoms. The molecule has 0 aliphatic heterocycles. The maximum atomic E-state index is 4.21. The van der Waals surface area contributed by atoms with E-state index in [-0.39, 0.29) is 0 Å². The SMILES string of the molecule is CCC(Br)c1nnc(-c2scnc2C)s1. The molecule has 15 heavy (non-hydrogen) atoms. The van der Waals surface area contributed by atoms with Gasteiger partial charge >= 0.3 is 0 Å². The summed E-state index contributed by atoms with van der Waals surface area (Å²) < 4.78 is 0. The molecule has 2 heterocycles. The first-order chi connectivity index (χ1) is 7.22. The zero-order valence-corrected chi connectivity index (χ0v) is 11.6. The summed E-state index contributed by atoms with van der Waals surface area (Å²) in [6, 6.07) is 0. The molecule has 1 unspecified atom stereocenters. The van der Waals surface area contributed by atoms with Crippen molar-refractivity contribution in [2.75, 3.05) is 0 Å². The second-order valence-electron chi connectivity index (χ2n) is 3.09. The van der Waals surface area contributed by atoms with E-state index >= 15 is 0 Å². The lowest BCUT2D eigenvalue weighted by atomic mass is 10.4. The Labute approximate surface area is 105 Å². The maximum Gasteiger partial charge on any atom is 0.159 e. The lowest BCUT2D eigenvalue weighted by Gasteiger charge is -1.97. The molecule has 0 saturated carbocycles. The van der Waals surface area contributed by atoms with Gasteiger partial charge < -0.3 is 0 Å². The standard InChI is InChI=1S/C9H10BrN3S2/c1-3-6(10)8-12-13-9(15-8)7-5(2)11-4-14-7/h4,6H,3H2,1-2H3. The van der Waals surface area contributed by atoms with Crippen LogP contribution in [0.2, 0.25) is 0 Å². The van der Waals surface area contributed by atoms with Crippen LogP contribution in [0, 0.1) is 6.92 Å². The highest BCUT2D eigenvalue weighted by Gasteiger charge is 2.15. The summed E-state index contributed by atoms with van der Waals surface area (Å²) in [5, 5.41) is 10.4.